The van der Waals surface area contributed by atoms with E-state index in [4.69, 9.17) is 4.74 Å². The lowest BCUT2D eigenvalue weighted by atomic mass is 10.2. The van der Waals surface area contributed by atoms with Crippen LogP contribution in [0.2, 0.25) is 0 Å². The van der Waals surface area contributed by atoms with Crippen LogP contribution in [-0.4, -0.2) is 47.0 Å². The van der Waals surface area contributed by atoms with Crippen molar-refractivity contribution in [2.45, 2.75) is 59.0 Å². The van der Waals surface area contributed by atoms with Crippen molar-refractivity contribution in [3.8, 4) is 0 Å². The van der Waals surface area contributed by atoms with Crippen molar-refractivity contribution in [2.24, 2.45) is 4.99 Å². The van der Waals surface area contributed by atoms with E-state index in [9.17, 15) is 0 Å². The van der Waals surface area contributed by atoms with E-state index in [1.165, 1.54) is 19.3 Å². The zero-order valence-electron chi connectivity index (χ0n) is 14.9. The highest BCUT2D eigenvalue weighted by atomic mass is 127. The molecular formula is C16H31IN6O. The first-order chi connectivity index (χ1) is 11.3. The quantitative estimate of drug-likeness (QED) is 0.275. The van der Waals surface area contributed by atoms with Crippen molar-refractivity contribution in [3.63, 3.8) is 0 Å². The molecule has 0 saturated carbocycles. The number of nitrogens with zero attached hydrogens (tertiary/aromatic N) is 4. The summed E-state index contributed by atoms with van der Waals surface area (Å²) >= 11 is 0. The van der Waals surface area contributed by atoms with Gasteiger partial charge in [-0.3, -0.25) is 0 Å². The maximum Gasteiger partial charge on any atom is 0.191 e. The van der Waals surface area contributed by atoms with Gasteiger partial charge in [-0.25, -0.2) is 4.99 Å². The van der Waals surface area contributed by atoms with E-state index >= 15 is 0 Å². The zero-order chi connectivity index (χ0) is 16.3. The van der Waals surface area contributed by atoms with Crippen LogP contribution in [0.25, 0.3) is 0 Å². The Morgan fingerprint density at radius 2 is 2.08 bits per heavy atom. The Morgan fingerprint density at radius 1 is 1.21 bits per heavy atom. The lowest BCUT2D eigenvalue weighted by Gasteiger charge is -2.11. The molecule has 0 unspecified atom stereocenters. The maximum absolute atomic E-state index is 5.35. The largest absolute Gasteiger partial charge is 0.382 e. The molecule has 0 aromatic carbocycles. The monoisotopic (exact) mass is 450 g/mol. The molecule has 0 bridgehead atoms. The van der Waals surface area contributed by atoms with E-state index in [1.54, 1.807) is 0 Å². The number of halogens is 1. The van der Waals surface area contributed by atoms with E-state index in [0.717, 1.165) is 63.3 Å². The number of ether oxygens (including phenoxy) is 1. The number of hydrogen-bond donors (Lipinski definition) is 2. The van der Waals surface area contributed by atoms with Crippen LogP contribution in [-0.2, 0) is 24.2 Å². The van der Waals surface area contributed by atoms with Crippen LogP contribution in [0.4, 0.5) is 0 Å². The fourth-order valence-corrected chi connectivity index (χ4v) is 2.68. The van der Waals surface area contributed by atoms with Gasteiger partial charge in [-0.1, -0.05) is 6.42 Å². The molecule has 7 nitrogen and oxygen atoms in total. The predicted octanol–water partition coefficient (Wildman–Crippen LogP) is 2.10. The fourth-order valence-electron chi connectivity index (χ4n) is 2.68. The highest BCUT2D eigenvalue weighted by Crippen LogP contribution is 2.14. The van der Waals surface area contributed by atoms with Crippen LogP contribution in [0, 0.1) is 0 Å². The topological polar surface area (TPSA) is 76.4 Å². The minimum atomic E-state index is 0. The van der Waals surface area contributed by atoms with Gasteiger partial charge >= 0.3 is 0 Å². The van der Waals surface area contributed by atoms with Crippen molar-refractivity contribution in [1.82, 2.24) is 25.4 Å². The molecule has 0 atom stereocenters. The Bertz CT molecular complexity index is 491. The molecule has 0 saturated heterocycles. The van der Waals surface area contributed by atoms with Crippen LogP contribution >= 0.6 is 24.0 Å². The van der Waals surface area contributed by atoms with Gasteiger partial charge < -0.3 is 19.9 Å². The lowest BCUT2D eigenvalue weighted by Crippen LogP contribution is -2.38. The number of rotatable bonds is 8. The van der Waals surface area contributed by atoms with Crippen molar-refractivity contribution in [2.75, 3.05) is 26.3 Å². The molecular weight excluding hydrogens is 419 g/mol. The Labute approximate surface area is 162 Å². The van der Waals surface area contributed by atoms with Crippen LogP contribution in [0.5, 0.6) is 0 Å². The molecule has 138 valence electrons. The first-order valence-electron chi connectivity index (χ1n) is 8.86. The summed E-state index contributed by atoms with van der Waals surface area (Å²) in [6.07, 6.45) is 5.70. The van der Waals surface area contributed by atoms with Gasteiger partial charge in [0.15, 0.2) is 11.8 Å². The van der Waals surface area contributed by atoms with E-state index < -0.39 is 0 Å². The summed E-state index contributed by atoms with van der Waals surface area (Å²) < 4.78 is 7.59. The van der Waals surface area contributed by atoms with Crippen LogP contribution in [0.1, 0.15) is 51.2 Å². The third-order valence-corrected chi connectivity index (χ3v) is 3.87. The number of guanidine groups is 1. The molecule has 0 aliphatic carbocycles. The fraction of sp³-hybridized carbons (Fsp3) is 0.812. The zero-order valence-corrected chi connectivity index (χ0v) is 17.2. The molecule has 1 aromatic rings. The molecule has 2 heterocycles. The van der Waals surface area contributed by atoms with Gasteiger partial charge in [0.1, 0.15) is 12.4 Å². The summed E-state index contributed by atoms with van der Waals surface area (Å²) in [5.74, 6) is 2.91. The first-order valence-corrected chi connectivity index (χ1v) is 8.86. The van der Waals surface area contributed by atoms with E-state index in [1.807, 2.05) is 6.92 Å². The molecule has 2 rings (SSSR count). The van der Waals surface area contributed by atoms with E-state index in [0.29, 0.717) is 6.54 Å². The Hall–Kier alpha value is -0.900. The second-order valence-electron chi connectivity index (χ2n) is 5.67. The minimum absolute atomic E-state index is 0. The third kappa shape index (κ3) is 6.92. The van der Waals surface area contributed by atoms with E-state index in [2.05, 4.69) is 37.3 Å². The summed E-state index contributed by atoms with van der Waals surface area (Å²) in [7, 11) is 0. The molecule has 2 N–H and O–H groups in total. The molecule has 0 spiro atoms. The lowest BCUT2D eigenvalue weighted by molar-refractivity contribution is 0.145. The van der Waals surface area contributed by atoms with Gasteiger partial charge in [0.2, 0.25) is 0 Å². The molecule has 1 aromatic heterocycles. The first kappa shape index (κ1) is 21.1. The number of fused-ring (bicyclic) bond motifs is 1. The molecule has 1 aliphatic rings. The van der Waals surface area contributed by atoms with E-state index in [-0.39, 0.29) is 24.0 Å². The Morgan fingerprint density at radius 3 is 2.88 bits per heavy atom. The second kappa shape index (κ2) is 12.5. The molecule has 24 heavy (non-hydrogen) atoms. The molecule has 0 amide bonds. The van der Waals surface area contributed by atoms with Gasteiger partial charge in [0, 0.05) is 39.3 Å². The van der Waals surface area contributed by atoms with Crippen molar-refractivity contribution in [3.05, 3.63) is 11.6 Å². The number of hydrogen-bond acceptors (Lipinski definition) is 4. The van der Waals surface area contributed by atoms with Gasteiger partial charge in [-0.05, 0) is 33.1 Å². The van der Waals surface area contributed by atoms with Crippen molar-refractivity contribution >= 4 is 29.9 Å². The second-order valence-corrected chi connectivity index (χ2v) is 5.67. The Kier molecular flexibility index (Phi) is 11.0. The SMILES string of the molecule is CCNC(=NCc1nnc2n1CCCCC2)NCCCOCC.I. The van der Waals surface area contributed by atoms with Gasteiger partial charge in [-0.15, -0.1) is 34.2 Å². The summed E-state index contributed by atoms with van der Waals surface area (Å²) in [6.45, 7) is 8.91. The summed E-state index contributed by atoms with van der Waals surface area (Å²) in [5, 5.41) is 15.3. The van der Waals surface area contributed by atoms with Gasteiger partial charge in [0.25, 0.3) is 0 Å². The number of nitrogens with one attached hydrogen (secondary N) is 2. The average molecular weight is 450 g/mol. The average Bonchev–Trinajstić information content (AvgIpc) is 2.79. The molecule has 0 fully saturated rings. The highest BCUT2D eigenvalue weighted by Gasteiger charge is 2.14. The normalized spacial score (nSPS) is 14.5. The number of aromatic nitrogens is 3. The number of aryl methyl sites for hydroxylation is 1. The van der Waals surface area contributed by atoms with Crippen molar-refractivity contribution < 1.29 is 4.74 Å². The smallest absolute Gasteiger partial charge is 0.191 e. The predicted molar refractivity (Wildman–Crippen MR) is 107 cm³/mol. The van der Waals surface area contributed by atoms with Gasteiger partial charge in [-0.2, -0.15) is 0 Å². The van der Waals surface area contributed by atoms with Crippen molar-refractivity contribution in [1.29, 1.82) is 0 Å². The third-order valence-electron chi connectivity index (χ3n) is 3.87. The maximum atomic E-state index is 5.35. The Balaban J connectivity index is 0.00000288. The molecule has 8 heteroatoms. The van der Waals surface area contributed by atoms with Gasteiger partial charge in [0.05, 0.1) is 0 Å². The molecule has 0 radical (unpaired) electrons. The summed E-state index contributed by atoms with van der Waals surface area (Å²) in [4.78, 5) is 4.64. The van der Waals surface area contributed by atoms with Crippen LogP contribution < -0.4 is 10.6 Å². The standard InChI is InChI=1S/C16H30N6O.HI/c1-3-17-16(18-10-8-12-23-4-2)19-13-15-21-20-14-9-6-5-7-11-22(14)15;/h3-13H2,1-2H3,(H2,17,18,19);1H. The number of aliphatic imine (C=N–C) groups is 1. The highest BCUT2D eigenvalue weighted by molar-refractivity contribution is 14.0. The van der Waals surface area contributed by atoms with Crippen LogP contribution in [0.3, 0.4) is 0 Å². The summed E-state index contributed by atoms with van der Waals surface area (Å²) in [5.41, 5.74) is 0. The summed E-state index contributed by atoms with van der Waals surface area (Å²) in [6, 6.07) is 0. The minimum Gasteiger partial charge on any atom is -0.382 e. The van der Waals surface area contributed by atoms with Crippen LogP contribution in [0.15, 0.2) is 4.99 Å². The molecule has 1 aliphatic heterocycles.